The van der Waals surface area contributed by atoms with Crippen molar-refractivity contribution in [2.24, 2.45) is 0 Å². The van der Waals surface area contributed by atoms with Gasteiger partial charge in [0.1, 0.15) is 34.1 Å². The van der Waals surface area contributed by atoms with Gasteiger partial charge in [0.25, 0.3) is 0 Å². The van der Waals surface area contributed by atoms with E-state index in [-0.39, 0.29) is 0 Å². The Morgan fingerprint density at radius 3 is 0.895 bits per heavy atom. The molecule has 7 heteroatoms. The first-order chi connectivity index (χ1) is 18.5. The SMILES string of the molecule is O=C(C(OC(c1ccccc1)c1ccccc1)C(Cl)Cl)C(OC(c1ccccc1)c1ccccc1)C(Cl)Cl. The van der Waals surface area contributed by atoms with Gasteiger partial charge in [0.15, 0.2) is 5.78 Å². The van der Waals surface area contributed by atoms with Gasteiger partial charge in [-0.3, -0.25) is 4.79 Å². The van der Waals surface area contributed by atoms with Crippen molar-refractivity contribution in [2.45, 2.75) is 34.1 Å². The number of alkyl halides is 4. The van der Waals surface area contributed by atoms with Gasteiger partial charge in [-0.05, 0) is 22.3 Å². The van der Waals surface area contributed by atoms with Gasteiger partial charge in [-0.1, -0.05) is 121 Å². The highest BCUT2D eigenvalue weighted by Crippen LogP contribution is 2.34. The van der Waals surface area contributed by atoms with Gasteiger partial charge in [0.05, 0.1) is 0 Å². The molecule has 2 unspecified atom stereocenters. The highest BCUT2D eigenvalue weighted by Gasteiger charge is 2.40. The average molecular weight is 588 g/mol. The molecule has 0 amide bonds. The van der Waals surface area contributed by atoms with Gasteiger partial charge in [-0.2, -0.15) is 0 Å². The summed E-state index contributed by atoms with van der Waals surface area (Å²) in [5.41, 5.74) is 3.34. The van der Waals surface area contributed by atoms with Gasteiger partial charge < -0.3 is 9.47 Å². The summed E-state index contributed by atoms with van der Waals surface area (Å²) in [6.45, 7) is 0. The van der Waals surface area contributed by atoms with E-state index in [9.17, 15) is 4.79 Å². The quantitative estimate of drug-likeness (QED) is 0.156. The van der Waals surface area contributed by atoms with Gasteiger partial charge in [-0.15, -0.1) is 46.4 Å². The largest absolute Gasteiger partial charge is 0.355 e. The summed E-state index contributed by atoms with van der Waals surface area (Å²) in [6.07, 6.45) is -3.79. The van der Waals surface area contributed by atoms with Crippen LogP contribution in [0.1, 0.15) is 34.5 Å². The first-order valence-corrected chi connectivity index (χ1v) is 13.8. The Morgan fingerprint density at radius 1 is 0.447 bits per heavy atom. The molecule has 0 aliphatic carbocycles. The van der Waals surface area contributed by atoms with Gasteiger partial charge in [0.2, 0.25) is 0 Å². The number of carbonyl (C=O) groups is 1. The van der Waals surface area contributed by atoms with Gasteiger partial charge in [-0.25, -0.2) is 0 Å². The second kappa shape index (κ2) is 14.1. The predicted octanol–water partition coefficient (Wildman–Crippen LogP) is 8.51. The number of hydrogen-bond acceptors (Lipinski definition) is 3. The number of ketones is 1. The Kier molecular flexibility index (Phi) is 10.7. The molecule has 0 saturated carbocycles. The van der Waals surface area contributed by atoms with E-state index in [0.717, 1.165) is 22.3 Å². The van der Waals surface area contributed by atoms with Crippen LogP contribution in [0.2, 0.25) is 0 Å². The summed E-state index contributed by atoms with van der Waals surface area (Å²) >= 11 is 25.4. The lowest BCUT2D eigenvalue weighted by Crippen LogP contribution is -2.44. The molecule has 0 aliphatic rings. The fourth-order valence-corrected chi connectivity index (χ4v) is 4.90. The molecule has 4 aromatic carbocycles. The maximum absolute atomic E-state index is 13.9. The zero-order chi connectivity index (χ0) is 26.9. The third-order valence-corrected chi connectivity index (χ3v) is 6.91. The zero-order valence-electron chi connectivity index (χ0n) is 20.2. The van der Waals surface area contributed by atoms with Crippen LogP contribution in [0.5, 0.6) is 0 Å². The molecule has 0 N–H and O–H groups in total. The average Bonchev–Trinajstić information content (AvgIpc) is 2.95. The van der Waals surface area contributed by atoms with E-state index in [1.54, 1.807) is 0 Å². The van der Waals surface area contributed by atoms with E-state index in [4.69, 9.17) is 55.9 Å². The maximum atomic E-state index is 13.9. The van der Waals surface area contributed by atoms with Crippen molar-refractivity contribution in [3.8, 4) is 0 Å². The summed E-state index contributed by atoms with van der Waals surface area (Å²) in [5, 5.41) is 0. The molecule has 0 aliphatic heterocycles. The molecule has 0 saturated heterocycles. The fourth-order valence-electron chi connectivity index (χ4n) is 4.17. The molecular formula is C31H26Cl4O3. The molecule has 0 radical (unpaired) electrons. The van der Waals surface area contributed by atoms with Crippen LogP contribution >= 0.6 is 46.4 Å². The predicted molar refractivity (Wildman–Crippen MR) is 155 cm³/mol. The molecule has 196 valence electrons. The second-order valence-electron chi connectivity index (χ2n) is 8.59. The van der Waals surface area contributed by atoms with E-state index in [1.807, 2.05) is 121 Å². The van der Waals surface area contributed by atoms with Crippen molar-refractivity contribution in [3.63, 3.8) is 0 Å². The summed E-state index contributed by atoms with van der Waals surface area (Å²) in [7, 11) is 0. The summed E-state index contributed by atoms with van der Waals surface area (Å²) in [6, 6.07) is 38.1. The summed E-state index contributed by atoms with van der Waals surface area (Å²) in [5.74, 6) is -0.552. The lowest BCUT2D eigenvalue weighted by Gasteiger charge is -2.31. The molecule has 0 spiro atoms. The smallest absolute Gasteiger partial charge is 0.195 e. The lowest BCUT2D eigenvalue weighted by molar-refractivity contribution is -0.146. The van der Waals surface area contributed by atoms with Crippen LogP contribution in [0.25, 0.3) is 0 Å². The number of hydrogen-bond donors (Lipinski definition) is 0. The van der Waals surface area contributed by atoms with Crippen LogP contribution in [0, 0.1) is 0 Å². The number of Topliss-reactive ketones (excluding diaryl/α,β-unsaturated/α-hetero) is 1. The molecule has 0 heterocycles. The zero-order valence-corrected chi connectivity index (χ0v) is 23.3. The Balaban J connectivity index is 1.67. The minimum atomic E-state index is -1.28. The first-order valence-electron chi connectivity index (χ1n) is 12.1. The van der Waals surface area contributed by atoms with Gasteiger partial charge >= 0.3 is 0 Å². The Morgan fingerprint density at radius 2 is 0.684 bits per heavy atom. The van der Waals surface area contributed by atoms with E-state index < -0.39 is 39.9 Å². The molecule has 0 aromatic heterocycles. The van der Waals surface area contributed by atoms with Crippen molar-refractivity contribution in [3.05, 3.63) is 144 Å². The van der Waals surface area contributed by atoms with Gasteiger partial charge in [0, 0.05) is 0 Å². The highest BCUT2D eigenvalue weighted by atomic mass is 35.5. The molecular weight excluding hydrogens is 562 g/mol. The Bertz CT molecular complexity index is 1080. The second-order valence-corrected chi connectivity index (χ2v) is 10.9. The highest BCUT2D eigenvalue weighted by molar-refractivity contribution is 6.47. The van der Waals surface area contributed by atoms with Crippen LogP contribution in [0.15, 0.2) is 121 Å². The fraction of sp³-hybridized carbons (Fsp3) is 0.194. The normalized spacial score (nSPS) is 13.3. The number of rotatable bonds is 12. The van der Waals surface area contributed by atoms with Crippen LogP contribution < -0.4 is 0 Å². The number of carbonyl (C=O) groups excluding carboxylic acids is 1. The Labute approximate surface area is 243 Å². The molecule has 4 rings (SSSR count). The van der Waals surface area contributed by atoms with Crippen molar-refractivity contribution in [2.75, 3.05) is 0 Å². The summed E-state index contributed by atoms with van der Waals surface area (Å²) < 4.78 is 12.7. The molecule has 2 atom stereocenters. The molecule has 38 heavy (non-hydrogen) atoms. The van der Waals surface area contributed by atoms with Crippen molar-refractivity contribution in [1.82, 2.24) is 0 Å². The van der Waals surface area contributed by atoms with E-state index in [2.05, 4.69) is 0 Å². The number of benzene rings is 4. The minimum absolute atomic E-state index is 0.552. The topological polar surface area (TPSA) is 35.5 Å². The monoisotopic (exact) mass is 586 g/mol. The van der Waals surface area contributed by atoms with E-state index in [0.29, 0.717) is 0 Å². The standard InChI is InChI=1S/C31H26Cl4O3/c32-30(33)28(37-26(21-13-5-1-6-14-21)22-15-7-2-8-16-22)25(36)29(31(34)35)38-27(23-17-9-3-10-18-23)24-19-11-4-12-20-24/h1-20,26-31H. The summed E-state index contributed by atoms with van der Waals surface area (Å²) in [4.78, 5) is 11.5. The molecule has 4 aromatic rings. The van der Waals surface area contributed by atoms with Crippen LogP contribution in [-0.2, 0) is 14.3 Å². The van der Waals surface area contributed by atoms with Crippen LogP contribution in [0.4, 0.5) is 0 Å². The molecule has 0 fully saturated rings. The molecule has 3 nitrogen and oxygen atoms in total. The number of ether oxygens (including phenoxy) is 2. The third-order valence-electron chi connectivity index (χ3n) is 5.99. The van der Waals surface area contributed by atoms with E-state index >= 15 is 0 Å². The van der Waals surface area contributed by atoms with E-state index in [1.165, 1.54) is 0 Å². The van der Waals surface area contributed by atoms with Crippen LogP contribution in [0.3, 0.4) is 0 Å². The minimum Gasteiger partial charge on any atom is -0.355 e. The first kappa shape index (κ1) is 28.6. The third kappa shape index (κ3) is 7.39. The Hall–Kier alpha value is -2.37. The van der Waals surface area contributed by atoms with Crippen LogP contribution in [-0.4, -0.2) is 27.7 Å². The van der Waals surface area contributed by atoms with Crippen molar-refractivity contribution >= 4 is 52.2 Å². The van der Waals surface area contributed by atoms with Crippen molar-refractivity contribution < 1.29 is 14.3 Å². The molecule has 0 bridgehead atoms. The maximum Gasteiger partial charge on any atom is 0.195 e. The lowest BCUT2D eigenvalue weighted by atomic mass is 10.00. The number of halogens is 4. The van der Waals surface area contributed by atoms with Crippen molar-refractivity contribution in [1.29, 1.82) is 0 Å².